The molecule has 3 unspecified atom stereocenters. The molecular weight excluding hydrogens is 412 g/mol. The second kappa shape index (κ2) is 7.22. The summed E-state index contributed by atoms with van der Waals surface area (Å²) in [6.07, 6.45) is 0.879. The van der Waals surface area contributed by atoms with Crippen LogP contribution in [0, 0.1) is 10.1 Å². The molecule has 0 bridgehead atoms. The lowest BCUT2D eigenvalue weighted by Crippen LogP contribution is -2.37. The van der Waals surface area contributed by atoms with E-state index in [4.69, 9.17) is 4.74 Å². The molecule has 2 aliphatic rings. The Balaban J connectivity index is 1.62. The molecule has 0 amide bonds. The number of non-ortho nitro benzene ring substituents is 1. The Morgan fingerprint density at radius 1 is 1.20 bits per heavy atom. The van der Waals surface area contributed by atoms with E-state index in [9.17, 15) is 28.4 Å². The standard InChI is InChI=1S/C20H18N2O7S/c1-11(20(23)24)14-3-2-4-15-18-16(9-10-17(18)29-19(14)15)21-30(27,28)13-7-5-12(6-8-13)22(25)26/h2-8,16-18,21H,1,9-10H2,(H,23,24). The lowest BCUT2D eigenvalue weighted by Gasteiger charge is -2.19. The van der Waals surface area contributed by atoms with E-state index >= 15 is 0 Å². The van der Waals surface area contributed by atoms with Gasteiger partial charge in [-0.3, -0.25) is 10.1 Å². The van der Waals surface area contributed by atoms with E-state index in [2.05, 4.69) is 11.3 Å². The Morgan fingerprint density at radius 2 is 1.90 bits per heavy atom. The fraction of sp³-hybridized carbons (Fsp3) is 0.250. The molecule has 2 aromatic carbocycles. The summed E-state index contributed by atoms with van der Waals surface area (Å²) in [4.78, 5) is 21.5. The van der Waals surface area contributed by atoms with Crippen LogP contribution in [0.4, 0.5) is 5.69 Å². The summed E-state index contributed by atoms with van der Waals surface area (Å²) in [6.45, 7) is 3.59. The number of hydrogen-bond acceptors (Lipinski definition) is 6. The molecule has 1 aliphatic carbocycles. The molecule has 4 rings (SSSR count). The average Bonchev–Trinajstić information content (AvgIpc) is 3.27. The molecule has 0 saturated heterocycles. The number of fused-ring (bicyclic) bond motifs is 3. The molecule has 156 valence electrons. The van der Waals surface area contributed by atoms with Gasteiger partial charge >= 0.3 is 5.97 Å². The zero-order valence-electron chi connectivity index (χ0n) is 15.6. The summed E-state index contributed by atoms with van der Waals surface area (Å²) in [5.74, 6) is -0.993. The van der Waals surface area contributed by atoms with Crippen molar-refractivity contribution < 1.29 is 28.0 Å². The van der Waals surface area contributed by atoms with Crippen molar-refractivity contribution in [3.05, 3.63) is 70.3 Å². The van der Waals surface area contributed by atoms with E-state index in [-0.39, 0.29) is 28.2 Å². The zero-order chi connectivity index (χ0) is 21.6. The van der Waals surface area contributed by atoms with Gasteiger partial charge in [-0.15, -0.1) is 0 Å². The predicted molar refractivity (Wildman–Crippen MR) is 107 cm³/mol. The number of carboxylic acid groups (broad SMARTS) is 1. The number of carboxylic acids is 1. The Kier molecular flexibility index (Phi) is 4.83. The van der Waals surface area contributed by atoms with Gasteiger partial charge in [0.1, 0.15) is 11.9 Å². The molecule has 10 heteroatoms. The van der Waals surface area contributed by atoms with E-state index in [1.165, 1.54) is 12.1 Å². The first-order valence-electron chi connectivity index (χ1n) is 9.18. The van der Waals surface area contributed by atoms with Crippen LogP contribution in [0.15, 0.2) is 53.9 Å². The number of aliphatic carboxylic acids is 1. The summed E-state index contributed by atoms with van der Waals surface area (Å²) < 4.78 is 34.3. The number of hydrogen-bond donors (Lipinski definition) is 2. The van der Waals surface area contributed by atoms with Gasteiger partial charge in [-0.05, 0) is 25.0 Å². The summed E-state index contributed by atoms with van der Waals surface area (Å²) >= 11 is 0. The fourth-order valence-electron chi connectivity index (χ4n) is 4.11. The van der Waals surface area contributed by atoms with Crippen molar-refractivity contribution >= 4 is 27.3 Å². The first-order valence-corrected chi connectivity index (χ1v) is 10.7. The molecule has 0 aromatic heterocycles. The molecule has 1 saturated carbocycles. The third-order valence-corrected chi connectivity index (χ3v) is 7.02. The van der Waals surface area contributed by atoms with Crippen LogP contribution >= 0.6 is 0 Å². The van der Waals surface area contributed by atoms with Crippen molar-refractivity contribution in [1.82, 2.24) is 4.72 Å². The molecule has 2 aromatic rings. The Hall–Kier alpha value is -3.24. The number of rotatable bonds is 6. The maximum atomic E-state index is 12.8. The van der Waals surface area contributed by atoms with Gasteiger partial charge in [-0.25, -0.2) is 17.9 Å². The smallest absolute Gasteiger partial charge is 0.335 e. The number of nitro benzene ring substituents is 1. The minimum Gasteiger partial charge on any atom is -0.489 e. The largest absolute Gasteiger partial charge is 0.489 e. The van der Waals surface area contributed by atoms with Crippen molar-refractivity contribution in [1.29, 1.82) is 0 Å². The van der Waals surface area contributed by atoms with Gasteiger partial charge < -0.3 is 9.84 Å². The summed E-state index contributed by atoms with van der Waals surface area (Å²) in [5, 5.41) is 20.0. The van der Waals surface area contributed by atoms with E-state index in [1.54, 1.807) is 18.2 Å². The van der Waals surface area contributed by atoms with Crippen LogP contribution in [0.5, 0.6) is 5.75 Å². The second-order valence-corrected chi connectivity index (χ2v) is 8.96. The lowest BCUT2D eigenvalue weighted by atomic mass is 9.92. The normalized spacial score (nSPS) is 22.1. The van der Waals surface area contributed by atoms with Crippen molar-refractivity contribution in [3.63, 3.8) is 0 Å². The van der Waals surface area contributed by atoms with Gasteiger partial charge in [-0.1, -0.05) is 24.8 Å². The highest BCUT2D eigenvalue weighted by atomic mass is 32.2. The topological polar surface area (TPSA) is 136 Å². The highest BCUT2D eigenvalue weighted by molar-refractivity contribution is 7.89. The van der Waals surface area contributed by atoms with Crippen molar-refractivity contribution in [2.24, 2.45) is 0 Å². The van der Waals surface area contributed by atoms with Crippen LogP contribution < -0.4 is 9.46 Å². The SMILES string of the molecule is C=C(C(=O)O)c1cccc2c1OC1CCC(NS(=O)(=O)c3ccc([N+](=O)[O-])cc3)C21. The van der Waals surface area contributed by atoms with Crippen molar-refractivity contribution in [2.75, 3.05) is 0 Å². The monoisotopic (exact) mass is 430 g/mol. The van der Waals surface area contributed by atoms with Gasteiger partial charge in [0.05, 0.1) is 15.4 Å². The first kappa shape index (κ1) is 20.0. The van der Waals surface area contributed by atoms with Crippen LogP contribution in [0.25, 0.3) is 5.57 Å². The summed E-state index contributed by atoms with van der Waals surface area (Å²) in [7, 11) is -3.91. The molecular formula is C20H18N2O7S. The van der Waals surface area contributed by atoms with Crippen LogP contribution in [-0.4, -0.2) is 36.6 Å². The fourth-order valence-corrected chi connectivity index (χ4v) is 5.40. The Bertz CT molecular complexity index is 1160. The van der Waals surface area contributed by atoms with E-state index in [1.807, 2.05) is 0 Å². The highest BCUT2D eigenvalue weighted by Gasteiger charge is 2.47. The lowest BCUT2D eigenvalue weighted by molar-refractivity contribution is -0.384. The predicted octanol–water partition coefficient (Wildman–Crippen LogP) is 2.68. The van der Waals surface area contributed by atoms with Crippen molar-refractivity contribution in [2.45, 2.75) is 35.8 Å². The Morgan fingerprint density at radius 3 is 2.53 bits per heavy atom. The van der Waals surface area contributed by atoms with Crippen LogP contribution in [0.3, 0.4) is 0 Å². The number of ether oxygens (including phenoxy) is 1. The van der Waals surface area contributed by atoms with Crippen LogP contribution in [0.1, 0.15) is 29.9 Å². The summed E-state index contributed by atoms with van der Waals surface area (Å²) in [6, 6.07) is 9.34. The van der Waals surface area contributed by atoms with Gasteiger partial charge in [0.25, 0.3) is 5.69 Å². The average molecular weight is 430 g/mol. The molecule has 3 atom stereocenters. The number of nitrogens with zero attached hydrogens (tertiary/aromatic N) is 1. The molecule has 1 fully saturated rings. The molecule has 1 aliphatic heterocycles. The van der Waals surface area contributed by atoms with Gasteiger partial charge in [-0.2, -0.15) is 0 Å². The number of para-hydroxylation sites is 1. The van der Waals surface area contributed by atoms with E-state index in [0.29, 0.717) is 24.2 Å². The van der Waals surface area contributed by atoms with Gasteiger partial charge in [0, 0.05) is 35.2 Å². The van der Waals surface area contributed by atoms with Gasteiger partial charge in [0.2, 0.25) is 10.0 Å². The third kappa shape index (κ3) is 3.33. The quantitative estimate of drug-likeness (QED) is 0.408. The van der Waals surface area contributed by atoms with E-state index in [0.717, 1.165) is 17.7 Å². The molecule has 0 spiro atoms. The summed E-state index contributed by atoms with van der Waals surface area (Å²) in [5.41, 5.74) is 0.842. The maximum absolute atomic E-state index is 12.8. The number of nitrogens with one attached hydrogen (secondary N) is 1. The highest BCUT2D eigenvalue weighted by Crippen LogP contribution is 2.49. The maximum Gasteiger partial charge on any atom is 0.335 e. The molecule has 0 radical (unpaired) electrons. The number of carbonyl (C=O) groups is 1. The molecule has 1 heterocycles. The third-order valence-electron chi connectivity index (χ3n) is 5.52. The number of sulfonamides is 1. The Labute approximate surface area is 172 Å². The minimum absolute atomic E-state index is 0.0660. The molecule has 30 heavy (non-hydrogen) atoms. The second-order valence-electron chi connectivity index (χ2n) is 7.25. The van der Waals surface area contributed by atoms with Crippen LogP contribution in [-0.2, 0) is 14.8 Å². The van der Waals surface area contributed by atoms with Crippen molar-refractivity contribution in [3.8, 4) is 5.75 Å². The van der Waals surface area contributed by atoms with E-state index < -0.39 is 27.0 Å². The van der Waals surface area contributed by atoms with Crippen LogP contribution in [0.2, 0.25) is 0 Å². The first-order chi connectivity index (χ1) is 14.2. The molecule has 9 nitrogen and oxygen atoms in total. The minimum atomic E-state index is -3.91. The number of benzene rings is 2. The zero-order valence-corrected chi connectivity index (χ0v) is 16.5. The molecule has 2 N–H and O–H groups in total. The van der Waals surface area contributed by atoms with Gasteiger partial charge in [0.15, 0.2) is 0 Å². The number of nitro groups is 1.